The lowest BCUT2D eigenvalue weighted by Gasteiger charge is -2.29. The van der Waals surface area contributed by atoms with E-state index in [1.165, 1.54) is 11.1 Å². The second-order valence-corrected chi connectivity index (χ2v) is 9.51. The number of hydrogen-bond donors (Lipinski definition) is 0. The Bertz CT molecular complexity index is 1030. The Balaban J connectivity index is 1.61. The summed E-state index contributed by atoms with van der Waals surface area (Å²) >= 11 is 1.58. The Kier molecular flexibility index (Phi) is 7.08. The van der Waals surface area contributed by atoms with Crippen LogP contribution in [-0.2, 0) is 4.74 Å². The average molecular weight is 454 g/mol. The van der Waals surface area contributed by atoms with E-state index in [9.17, 15) is 4.79 Å². The van der Waals surface area contributed by atoms with E-state index >= 15 is 0 Å². The van der Waals surface area contributed by atoms with Gasteiger partial charge in [-0.25, -0.2) is 4.98 Å². The van der Waals surface area contributed by atoms with Gasteiger partial charge in [-0.1, -0.05) is 11.3 Å². The van der Waals surface area contributed by atoms with E-state index in [1.54, 1.807) is 11.3 Å². The van der Waals surface area contributed by atoms with Crippen LogP contribution in [0.15, 0.2) is 36.4 Å². The standard InChI is InChI=1S/C25H31N3O3S/c1-17(2)31-21-7-5-20(6-8-21)24(29)28(10-9-27-11-13-30-14-12-27)25-26-22-15-18(3)19(4)16-23(22)32-25/h5-8,15-17H,9-14H2,1-4H3. The Morgan fingerprint density at radius 2 is 1.84 bits per heavy atom. The average Bonchev–Trinajstić information content (AvgIpc) is 3.17. The monoisotopic (exact) mass is 453 g/mol. The highest BCUT2D eigenvalue weighted by Gasteiger charge is 2.23. The van der Waals surface area contributed by atoms with Crippen molar-refractivity contribution in [2.45, 2.75) is 33.8 Å². The number of amides is 1. The number of aromatic nitrogens is 1. The van der Waals surface area contributed by atoms with E-state index in [-0.39, 0.29) is 12.0 Å². The fraction of sp³-hybridized carbons (Fsp3) is 0.440. The molecule has 0 atom stereocenters. The zero-order valence-corrected chi connectivity index (χ0v) is 20.1. The van der Waals surface area contributed by atoms with Crippen molar-refractivity contribution in [3.05, 3.63) is 53.1 Å². The van der Waals surface area contributed by atoms with Crippen LogP contribution < -0.4 is 9.64 Å². The number of benzene rings is 2. The number of fused-ring (bicyclic) bond motifs is 1. The van der Waals surface area contributed by atoms with E-state index in [1.807, 2.05) is 43.0 Å². The maximum atomic E-state index is 13.6. The maximum absolute atomic E-state index is 13.6. The number of thiazole rings is 1. The van der Waals surface area contributed by atoms with E-state index in [4.69, 9.17) is 14.5 Å². The lowest BCUT2D eigenvalue weighted by atomic mass is 10.1. The number of nitrogens with zero attached hydrogens (tertiary/aromatic N) is 3. The molecule has 1 fully saturated rings. The number of carbonyl (C=O) groups is 1. The first kappa shape index (κ1) is 22.7. The minimum Gasteiger partial charge on any atom is -0.491 e. The predicted molar refractivity (Wildman–Crippen MR) is 130 cm³/mol. The van der Waals surface area contributed by atoms with Gasteiger partial charge in [-0.15, -0.1) is 0 Å². The van der Waals surface area contributed by atoms with Crippen molar-refractivity contribution in [2.24, 2.45) is 0 Å². The SMILES string of the molecule is Cc1cc2nc(N(CCN3CCOCC3)C(=O)c3ccc(OC(C)C)cc3)sc2cc1C. The summed E-state index contributed by atoms with van der Waals surface area (Å²) in [6.07, 6.45) is 0.0937. The molecule has 0 bridgehead atoms. The van der Waals surface area contributed by atoms with Crippen molar-refractivity contribution < 1.29 is 14.3 Å². The van der Waals surface area contributed by atoms with Crippen LogP contribution in [0.2, 0.25) is 0 Å². The number of carbonyl (C=O) groups excluding carboxylic acids is 1. The first-order valence-corrected chi connectivity index (χ1v) is 12.0. The maximum Gasteiger partial charge on any atom is 0.260 e. The van der Waals surface area contributed by atoms with Gasteiger partial charge in [-0.2, -0.15) is 0 Å². The first-order chi connectivity index (χ1) is 15.4. The predicted octanol–water partition coefficient (Wildman–Crippen LogP) is 4.68. The molecule has 0 N–H and O–H groups in total. The van der Waals surface area contributed by atoms with E-state index in [0.717, 1.165) is 53.9 Å². The topological polar surface area (TPSA) is 54.9 Å². The molecule has 170 valence electrons. The molecule has 0 spiro atoms. The molecule has 0 unspecified atom stereocenters. The van der Waals surface area contributed by atoms with Crippen LogP contribution in [0, 0.1) is 13.8 Å². The smallest absolute Gasteiger partial charge is 0.260 e. The van der Waals surface area contributed by atoms with E-state index in [2.05, 4.69) is 30.9 Å². The van der Waals surface area contributed by atoms with E-state index in [0.29, 0.717) is 12.1 Å². The fourth-order valence-electron chi connectivity index (χ4n) is 3.74. The molecule has 2 heterocycles. The molecular weight excluding hydrogens is 422 g/mol. The number of morpholine rings is 1. The van der Waals surface area contributed by atoms with Gasteiger partial charge in [-0.3, -0.25) is 14.6 Å². The Hall–Kier alpha value is -2.48. The molecule has 6 nitrogen and oxygen atoms in total. The number of aryl methyl sites for hydroxylation is 2. The molecule has 2 aromatic carbocycles. The molecule has 1 amide bonds. The molecule has 32 heavy (non-hydrogen) atoms. The van der Waals surface area contributed by atoms with Crippen LogP contribution in [0.1, 0.15) is 35.3 Å². The normalized spacial score (nSPS) is 14.8. The minimum atomic E-state index is -0.0399. The summed E-state index contributed by atoms with van der Waals surface area (Å²) in [5, 5.41) is 0.741. The minimum absolute atomic E-state index is 0.0399. The molecule has 1 aliphatic heterocycles. The van der Waals surface area contributed by atoms with Gasteiger partial charge in [0.15, 0.2) is 5.13 Å². The summed E-state index contributed by atoms with van der Waals surface area (Å²) < 4.78 is 12.3. The Morgan fingerprint density at radius 3 is 2.53 bits per heavy atom. The molecule has 0 radical (unpaired) electrons. The largest absolute Gasteiger partial charge is 0.491 e. The van der Waals surface area contributed by atoms with Crippen LogP contribution in [0.25, 0.3) is 10.2 Å². The molecule has 1 aromatic heterocycles. The van der Waals surface area contributed by atoms with Crippen molar-refractivity contribution >= 4 is 32.6 Å². The highest BCUT2D eigenvalue weighted by molar-refractivity contribution is 7.22. The van der Waals surface area contributed by atoms with Gasteiger partial charge in [0, 0.05) is 31.7 Å². The molecular formula is C25H31N3O3S. The molecule has 0 aliphatic carbocycles. The third-order valence-corrected chi connectivity index (χ3v) is 6.73. The summed E-state index contributed by atoms with van der Waals surface area (Å²) in [5.74, 6) is 0.726. The van der Waals surface area contributed by atoms with Crippen molar-refractivity contribution in [3.63, 3.8) is 0 Å². The van der Waals surface area contributed by atoms with Crippen LogP contribution in [0.5, 0.6) is 5.75 Å². The van der Waals surface area contributed by atoms with Gasteiger partial charge in [0.05, 0.1) is 29.5 Å². The highest BCUT2D eigenvalue weighted by Crippen LogP contribution is 2.32. The summed E-state index contributed by atoms with van der Waals surface area (Å²) in [5.41, 5.74) is 4.02. The Morgan fingerprint density at radius 1 is 1.16 bits per heavy atom. The fourth-order valence-corrected chi connectivity index (χ4v) is 4.81. The first-order valence-electron chi connectivity index (χ1n) is 11.2. The van der Waals surface area contributed by atoms with Gasteiger partial charge in [0.25, 0.3) is 5.91 Å². The molecule has 1 saturated heterocycles. The molecule has 3 aromatic rings. The lowest BCUT2D eigenvalue weighted by molar-refractivity contribution is 0.0391. The molecule has 7 heteroatoms. The van der Waals surface area contributed by atoms with Gasteiger partial charge < -0.3 is 9.47 Å². The van der Waals surface area contributed by atoms with Crippen LogP contribution in [-0.4, -0.2) is 61.3 Å². The highest BCUT2D eigenvalue weighted by atomic mass is 32.1. The summed E-state index contributed by atoms with van der Waals surface area (Å²) in [6.45, 7) is 12.8. The second-order valence-electron chi connectivity index (χ2n) is 8.50. The van der Waals surface area contributed by atoms with Gasteiger partial charge in [0.1, 0.15) is 5.75 Å². The summed E-state index contributed by atoms with van der Waals surface area (Å²) in [7, 11) is 0. The third kappa shape index (κ3) is 5.28. The van der Waals surface area contributed by atoms with Gasteiger partial charge >= 0.3 is 0 Å². The zero-order chi connectivity index (χ0) is 22.7. The zero-order valence-electron chi connectivity index (χ0n) is 19.3. The number of hydrogen-bond acceptors (Lipinski definition) is 6. The van der Waals surface area contributed by atoms with Crippen molar-refractivity contribution in [1.82, 2.24) is 9.88 Å². The number of ether oxygens (including phenoxy) is 2. The van der Waals surface area contributed by atoms with Gasteiger partial charge in [-0.05, 0) is 75.2 Å². The molecule has 1 aliphatic rings. The van der Waals surface area contributed by atoms with Crippen LogP contribution in [0.3, 0.4) is 0 Å². The van der Waals surface area contributed by atoms with E-state index < -0.39 is 0 Å². The Labute approximate surface area is 193 Å². The molecule has 4 rings (SSSR count). The van der Waals surface area contributed by atoms with Crippen molar-refractivity contribution in [2.75, 3.05) is 44.3 Å². The number of anilines is 1. The summed E-state index contributed by atoms with van der Waals surface area (Å²) in [6, 6.07) is 11.7. The molecule has 0 saturated carbocycles. The lowest BCUT2D eigenvalue weighted by Crippen LogP contribution is -2.43. The quantitative estimate of drug-likeness (QED) is 0.520. The van der Waals surface area contributed by atoms with Gasteiger partial charge in [0.2, 0.25) is 0 Å². The van der Waals surface area contributed by atoms with Crippen LogP contribution >= 0.6 is 11.3 Å². The number of rotatable bonds is 7. The second kappa shape index (κ2) is 9.98. The summed E-state index contributed by atoms with van der Waals surface area (Å²) in [4.78, 5) is 22.6. The van der Waals surface area contributed by atoms with Crippen molar-refractivity contribution in [1.29, 1.82) is 0 Å². The third-order valence-electron chi connectivity index (χ3n) is 5.69. The van der Waals surface area contributed by atoms with Crippen molar-refractivity contribution in [3.8, 4) is 5.75 Å². The van der Waals surface area contributed by atoms with Crippen LogP contribution in [0.4, 0.5) is 5.13 Å².